The maximum absolute atomic E-state index is 12.6. The monoisotopic (exact) mass is 674 g/mol. The zero-order valence-corrected chi connectivity index (χ0v) is 24.0. The van der Waals surface area contributed by atoms with Gasteiger partial charge in [-0.25, -0.2) is 18.5 Å². The molecule has 0 bridgehead atoms. The number of rotatable bonds is 13. The minimum atomic E-state index is -5.80. The first kappa shape index (κ1) is 34.0. The van der Waals surface area contributed by atoms with Gasteiger partial charge in [0.05, 0.1) is 17.3 Å². The number of aliphatic hydroxyl groups excluding tert-OH is 2. The van der Waals surface area contributed by atoms with Crippen molar-refractivity contribution < 1.29 is 66.2 Å². The molecular weight excluding hydrogens is 653 g/mol. The van der Waals surface area contributed by atoms with Gasteiger partial charge >= 0.3 is 29.2 Å². The summed E-state index contributed by atoms with van der Waals surface area (Å²) in [6, 6.07) is 5.72. The van der Waals surface area contributed by atoms with Crippen LogP contribution in [0.15, 0.2) is 45.3 Å². The van der Waals surface area contributed by atoms with Crippen LogP contribution in [0, 0.1) is 0 Å². The van der Waals surface area contributed by atoms with Gasteiger partial charge in [0.25, 0.3) is 0 Å². The van der Waals surface area contributed by atoms with E-state index in [1.165, 1.54) is 24.3 Å². The Morgan fingerprint density at radius 3 is 2.36 bits per heavy atom. The lowest BCUT2D eigenvalue weighted by atomic mass is 10.1. The topological polar surface area (TPSA) is 336 Å². The molecule has 25 heteroatoms. The van der Waals surface area contributed by atoms with Crippen molar-refractivity contribution in [3.05, 3.63) is 57.0 Å². The number of aromatic nitrogens is 2. The van der Waals surface area contributed by atoms with Gasteiger partial charge in [-0.15, -0.1) is 11.8 Å². The van der Waals surface area contributed by atoms with Crippen LogP contribution in [0.5, 0.6) is 0 Å². The Balaban J connectivity index is 1.69. The molecule has 1 saturated heterocycles. The molecule has 1 aromatic carbocycles. The zero-order chi connectivity index (χ0) is 31.5. The van der Waals surface area contributed by atoms with Gasteiger partial charge in [-0.3, -0.25) is 13.9 Å². The first-order valence-electron chi connectivity index (χ1n) is 10.9. The van der Waals surface area contributed by atoms with Crippen molar-refractivity contribution in [2.24, 2.45) is 5.11 Å². The van der Waals surface area contributed by atoms with Crippen molar-refractivity contribution in [2.75, 3.05) is 18.1 Å². The van der Waals surface area contributed by atoms with E-state index in [4.69, 9.17) is 25.8 Å². The maximum Gasteiger partial charge on any atom is 0.490 e. The number of carbonyl (C=O) groups is 1. The summed E-state index contributed by atoms with van der Waals surface area (Å²) >= 11 is 0.864. The molecule has 0 spiro atoms. The lowest BCUT2D eigenvalue weighted by Gasteiger charge is -2.19. The van der Waals surface area contributed by atoms with Crippen molar-refractivity contribution in [3.63, 3.8) is 0 Å². The summed E-state index contributed by atoms with van der Waals surface area (Å²) in [7, 11) is -17.0. The SMILES string of the molecule is [N-]=[N+]=Nc1ccc(C(=O)CSc2cn(C3OC(COP(=O)(O)OP(=O)(O)OP(=O)(O)O)C(O)C3O)c(=O)nc2N)cc1. The summed E-state index contributed by atoms with van der Waals surface area (Å²) in [5.74, 6) is -0.835. The number of azide groups is 1. The van der Waals surface area contributed by atoms with E-state index in [9.17, 15) is 43.3 Å². The standard InChI is InChI=1S/C17H21N6O15P3S/c18-15-12(42-7-10(24)8-1-3-9(4-2-8)21-22-19)5-23(17(27)20-15)16-14(26)13(25)11(36-16)6-35-40(31,32)38-41(33,34)37-39(28,29)30/h1-5,11,13-14,16,25-26H,6-7H2,(H,31,32)(H,33,34)(H2,18,20,27)(H2,28,29,30). The van der Waals surface area contributed by atoms with Crippen LogP contribution in [0.2, 0.25) is 0 Å². The second kappa shape index (κ2) is 13.4. The van der Waals surface area contributed by atoms with Gasteiger partial charge in [0.15, 0.2) is 12.0 Å². The molecule has 1 aromatic heterocycles. The highest BCUT2D eigenvalue weighted by Crippen LogP contribution is 2.66. The van der Waals surface area contributed by atoms with Crippen molar-refractivity contribution in [2.45, 2.75) is 29.4 Å². The van der Waals surface area contributed by atoms with Gasteiger partial charge in [-0.1, -0.05) is 29.4 Å². The Kier molecular flexibility index (Phi) is 10.9. The van der Waals surface area contributed by atoms with E-state index in [0.29, 0.717) is 5.69 Å². The number of carbonyl (C=O) groups excluding carboxylic acids is 1. The molecule has 6 unspecified atom stereocenters. The molecule has 2 aromatic rings. The van der Waals surface area contributed by atoms with E-state index in [1.54, 1.807) is 0 Å². The van der Waals surface area contributed by atoms with E-state index in [1.807, 2.05) is 0 Å². The van der Waals surface area contributed by atoms with E-state index in [0.717, 1.165) is 22.5 Å². The summed E-state index contributed by atoms with van der Waals surface area (Å²) < 4.78 is 51.7. The van der Waals surface area contributed by atoms with Crippen LogP contribution in [0.4, 0.5) is 11.5 Å². The van der Waals surface area contributed by atoms with E-state index in [2.05, 4.69) is 28.2 Å². The van der Waals surface area contributed by atoms with E-state index >= 15 is 0 Å². The Morgan fingerprint density at radius 1 is 1.12 bits per heavy atom. The van der Waals surface area contributed by atoms with Gasteiger partial charge in [0, 0.05) is 22.4 Å². The highest BCUT2D eigenvalue weighted by molar-refractivity contribution is 8.00. The smallest absolute Gasteiger partial charge is 0.387 e. The number of nitrogen functional groups attached to an aromatic ring is 1. The van der Waals surface area contributed by atoms with Crippen molar-refractivity contribution in [3.8, 4) is 0 Å². The third kappa shape index (κ3) is 9.26. The molecule has 21 nitrogen and oxygen atoms in total. The molecule has 0 aliphatic carbocycles. The van der Waals surface area contributed by atoms with Crippen LogP contribution in [-0.4, -0.2) is 75.8 Å². The van der Waals surface area contributed by atoms with Crippen LogP contribution < -0.4 is 11.4 Å². The maximum atomic E-state index is 12.6. The third-order valence-electron chi connectivity index (χ3n) is 5.08. The molecule has 1 fully saturated rings. The number of ketones is 1. The number of anilines is 1. The van der Waals surface area contributed by atoms with Crippen LogP contribution in [0.1, 0.15) is 16.6 Å². The Bertz CT molecular complexity index is 1580. The number of hydrogen-bond acceptors (Lipinski definition) is 15. The Labute approximate surface area is 237 Å². The second-order valence-corrected chi connectivity index (χ2v) is 13.5. The highest BCUT2D eigenvalue weighted by atomic mass is 32.2. The number of nitrogens with zero attached hydrogens (tertiary/aromatic N) is 5. The lowest BCUT2D eigenvalue weighted by Crippen LogP contribution is -2.36. The van der Waals surface area contributed by atoms with Crippen LogP contribution >= 0.6 is 35.2 Å². The van der Waals surface area contributed by atoms with Gasteiger partial charge in [0.2, 0.25) is 0 Å². The minimum Gasteiger partial charge on any atom is -0.387 e. The zero-order valence-electron chi connectivity index (χ0n) is 20.5. The van der Waals surface area contributed by atoms with E-state index in [-0.39, 0.29) is 27.8 Å². The molecule has 0 saturated carbocycles. The van der Waals surface area contributed by atoms with Gasteiger partial charge in [-0.2, -0.15) is 13.6 Å². The molecule has 3 rings (SSSR count). The molecule has 1 aliphatic heterocycles. The summed E-state index contributed by atoms with van der Waals surface area (Å²) in [5.41, 5.74) is 13.8. The van der Waals surface area contributed by atoms with Gasteiger partial charge in [-0.05, 0) is 5.53 Å². The fourth-order valence-electron chi connectivity index (χ4n) is 3.32. The number of phosphoric ester groups is 1. The van der Waals surface area contributed by atoms with Crippen molar-refractivity contribution >= 4 is 52.5 Å². The quantitative estimate of drug-likeness (QED) is 0.0384. The number of nitrogens with two attached hydrogens (primary N) is 1. The van der Waals surface area contributed by atoms with Crippen LogP contribution in [-0.2, 0) is 31.6 Å². The van der Waals surface area contributed by atoms with Crippen LogP contribution in [0.3, 0.4) is 0 Å². The lowest BCUT2D eigenvalue weighted by molar-refractivity contribution is -0.0544. The fraction of sp³-hybridized carbons (Fsp3) is 0.353. The molecule has 2 heterocycles. The average Bonchev–Trinajstić information content (AvgIpc) is 3.14. The molecule has 0 amide bonds. The van der Waals surface area contributed by atoms with E-state index < -0.39 is 60.3 Å². The second-order valence-electron chi connectivity index (χ2n) is 8.06. The normalized spacial score (nSPS) is 23.5. The fourth-order valence-corrected chi connectivity index (χ4v) is 7.18. The minimum absolute atomic E-state index is 0.0932. The predicted octanol–water partition coefficient (Wildman–Crippen LogP) is 0.705. The number of phosphoric acid groups is 3. The third-order valence-corrected chi connectivity index (χ3v) is 9.92. The average molecular weight is 674 g/mol. The van der Waals surface area contributed by atoms with Crippen molar-refractivity contribution in [1.29, 1.82) is 0 Å². The number of aliphatic hydroxyl groups is 2. The summed E-state index contributed by atoms with van der Waals surface area (Å²) in [6.45, 7) is -1.11. The van der Waals surface area contributed by atoms with Crippen LogP contribution in [0.25, 0.3) is 10.4 Å². The Hall–Kier alpha value is -2.48. The number of benzene rings is 1. The highest BCUT2D eigenvalue weighted by Gasteiger charge is 2.47. The summed E-state index contributed by atoms with van der Waals surface area (Å²) in [6.07, 6.45) is -5.99. The number of hydrogen-bond donors (Lipinski definition) is 7. The Morgan fingerprint density at radius 2 is 1.76 bits per heavy atom. The predicted molar refractivity (Wildman–Crippen MR) is 139 cm³/mol. The first-order valence-corrected chi connectivity index (χ1v) is 16.4. The molecule has 42 heavy (non-hydrogen) atoms. The number of thioether (sulfide) groups is 1. The number of Topliss-reactive ketones (excluding diaryl/α,β-unsaturated/α-hetero) is 1. The number of ether oxygens (including phenoxy) is 1. The largest absolute Gasteiger partial charge is 0.490 e. The molecule has 1 aliphatic rings. The van der Waals surface area contributed by atoms with Crippen molar-refractivity contribution in [1.82, 2.24) is 9.55 Å². The molecule has 230 valence electrons. The molecule has 6 atom stereocenters. The summed E-state index contributed by atoms with van der Waals surface area (Å²) in [4.78, 5) is 67.3. The summed E-state index contributed by atoms with van der Waals surface area (Å²) in [5, 5.41) is 24.1. The first-order chi connectivity index (χ1) is 19.4. The molecule has 0 radical (unpaired) electrons. The molecular formula is C17H21N6O15P3S. The van der Waals surface area contributed by atoms with Gasteiger partial charge < -0.3 is 40.3 Å². The molecule has 8 N–H and O–H groups in total. The van der Waals surface area contributed by atoms with Gasteiger partial charge in [0.1, 0.15) is 24.1 Å².